The molecular weight excluding hydrogens is 200 g/mol. The number of hydrogen-bond acceptors (Lipinski definition) is 3. The topological polar surface area (TPSA) is 36.4 Å². The van der Waals surface area contributed by atoms with E-state index >= 15 is 0 Å². The van der Waals surface area contributed by atoms with Crippen molar-refractivity contribution in [2.45, 2.75) is 33.8 Å². The molecule has 3 nitrogen and oxygen atoms in total. The van der Waals surface area contributed by atoms with Crippen LogP contribution in [0.3, 0.4) is 0 Å². The molecule has 0 aliphatic carbocycles. The van der Waals surface area contributed by atoms with Crippen LogP contribution in [0.25, 0.3) is 0 Å². The summed E-state index contributed by atoms with van der Waals surface area (Å²) in [6.07, 6.45) is 2.94. The predicted molar refractivity (Wildman–Crippen MR) is 67.5 cm³/mol. The molecule has 0 aliphatic heterocycles. The van der Waals surface area contributed by atoms with Gasteiger partial charge in [0.05, 0.1) is 6.61 Å². The van der Waals surface area contributed by atoms with Gasteiger partial charge in [-0.1, -0.05) is 20.3 Å². The van der Waals surface area contributed by atoms with Gasteiger partial charge < -0.3 is 10.0 Å². The minimum Gasteiger partial charge on any atom is -0.392 e. The average Bonchev–Trinajstić information content (AvgIpc) is 2.35. The van der Waals surface area contributed by atoms with E-state index in [4.69, 9.17) is 5.11 Å². The zero-order chi connectivity index (χ0) is 12.0. The van der Waals surface area contributed by atoms with E-state index in [9.17, 15) is 0 Å². The lowest BCUT2D eigenvalue weighted by atomic mass is 10.1. The maximum absolute atomic E-state index is 9.10. The van der Waals surface area contributed by atoms with E-state index in [1.165, 1.54) is 6.42 Å². The molecule has 1 N–H and O–H groups in total. The zero-order valence-corrected chi connectivity index (χ0v) is 10.5. The van der Waals surface area contributed by atoms with Gasteiger partial charge in [0.25, 0.3) is 0 Å². The van der Waals surface area contributed by atoms with Crippen molar-refractivity contribution in [1.82, 2.24) is 4.98 Å². The van der Waals surface area contributed by atoms with E-state index in [2.05, 4.69) is 30.7 Å². The number of nitrogens with zero attached hydrogens (tertiary/aromatic N) is 2. The molecule has 0 aromatic carbocycles. The van der Waals surface area contributed by atoms with E-state index < -0.39 is 0 Å². The van der Waals surface area contributed by atoms with Crippen LogP contribution in [-0.4, -0.2) is 23.2 Å². The van der Waals surface area contributed by atoms with Crippen LogP contribution >= 0.6 is 0 Å². The molecule has 90 valence electrons. The maximum atomic E-state index is 9.10. The Labute approximate surface area is 98.1 Å². The lowest BCUT2D eigenvalue weighted by Gasteiger charge is -2.25. The molecule has 0 bridgehead atoms. The van der Waals surface area contributed by atoms with Gasteiger partial charge in [-0.3, -0.25) is 0 Å². The van der Waals surface area contributed by atoms with Crippen molar-refractivity contribution in [1.29, 1.82) is 0 Å². The SMILES string of the molecule is CCC(C)CN(CC)c1cc(CO)ccn1. The van der Waals surface area contributed by atoms with E-state index in [0.717, 1.165) is 24.5 Å². The first-order chi connectivity index (χ1) is 7.71. The highest BCUT2D eigenvalue weighted by atomic mass is 16.3. The van der Waals surface area contributed by atoms with Crippen molar-refractivity contribution >= 4 is 5.82 Å². The van der Waals surface area contributed by atoms with Crippen LogP contribution in [0, 0.1) is 5.92 Å². The summed E-state index contributed by atoms with van der Waals surface area (Å²) >= 11 is 0. The van der Waals surface area contributed by atoms with Crippen molar-refractivity contribution in [3.8, 4) is 0 Å². The summed E-state index contributed by atoms with van der Waals surface area (Å²) in [5, 5.41) is 9.10. The first-order valence-electron chi connectivity index (χ1n) is 6.02. The Morgan fingerprint density at radius 1 is 1.44 bits per heavy atom. The summed E-state index contributed by atoms with van der Waals surface area (Å²) < 4.78 is 0. The van der Waals surface area contributed by atoms with Gasteiger partial charge in [0.2, 0.25) is 0 Å². The molecule has 1 rings (SSSR count). The first-order valence-corrected chi connectivity index (χ1v) is 6.02. The molecule has 0 radical (unpaired) electrons. The average molecular weight is 222 g/mol. The van der Waals surface area contributed by atoms with Gasteiger partial charge >= 0.3 is 0 Å². The number of hydrogen-bond donors (Lipinski definition) is 1. The normalized spacial score (nSPS) is 12.5. The monoisotopic (exact) mass is 222 g/mol. The van der Waals surface area contributed by atoms with Gasteiger partial charge in [-0.05, 0) is 30.5 Å². The summed E-state index contributed by atoms with van der Waals surface area (Å²) in [5.74, 6) is 1.63. The lowest BCUT2D eigenvalue weighted by molar-refractivity contribution is 0.281. The Morgan fingerprint density at radius 3 is 2.75 bits per heavy atom. The zero-order valence-electron chi connectivity index (χ0n) is 10.5. The van der Waals surface area contributed by atoms with Crippen LogP contribution in [0.15, 0.2) is 18.3 Å². The molecule has 1 unspecified atom stereocenters. The number of aromatic nitrogens is 1. The number of anilines is 1. The van der Waals surface area contributed by atoms with Gasteiger partial charge in [0.1, 0.15) is 5.82 Å². The second-order valence-corrected chi connectivity index (χ2v) is 4.23. The standard InChI is InChI=1S/C13H22N2O/c1-4-11(3)9-15(5-2)13-8-12(10-16)6-7-14-13/h6-8,11,16H,4-5,9-10H2,1-3H3. The second kappa shape index (κ2) is 6.48. The Hall–Kier alpha value is -1.09. The largest absolute Gasteiger partial charge is 0.392 e. The summed E-state index contributed by atoms with van der Waals surface area (Å²) in [5.41, 5.74) is 0.924. The fourth-order valence-electron chi connectivity index (χ4n) is 1.62. The molecule has 0 spiro atoms. The third-order valence-electron chi connectivity index (χ3n) is 2.93. The molecule has 0 aliphatic rings. The highest BCUT2D eigenvalue weighted by Gasteiger charge is 2.09. The van der Waals surface area contributed by atoms with Crippen molar-refractivity contribution in [3.63, 3.8) is 0 Å². The Morgan fingerprint density at radius 2 is 2.19 bits per heavy atom. The molecular formula is C13H22N2O. The Balaban J connectivity index is 2.77. The lowest BCUT2D eigenvalue weighted by Crippen LogP contribution is -2.28. The summed E-state index contributed by atoms with van der Waals surface area (Å²) in [6.45, 7) is 8.64. The summed E-state index contributed by atoms with van der Waals surface area (Å²) in [6, 6.07) is 3.81. The fourth-order valence-corrected chi connectivity index (χ4v) is 1.62. The van der Waals surface area contributed by atoms with Crippen LogP contribution in [0.4, 0.5) is 5.82 Å². The van der Waals surface area contributed by atoms with Gasteiger partial charge in [0, 0.05) is 19.3 Å². The molecule has 1 heterocycles. The minimum absolute atomic E-state index is 0.0798. The fraction of sp³-hybridized carbons (Fsp3) is 0.615. The smallest absolute Gasteiger partial charge is 0.128 e. The predicted octanol–water partition coefficient (Wildman–Crippen LogP) is 2.45. The molecule has 0 saturated heterocycles. The molecule has 3 heteroatoms. The second-order valence-electron chi connectivity index (χ2n) is 4.23. The molecule has 16 heavy (non-hydrogen) atoms. The molecule has 1 aromatic heterocycles. The van der Waals surface area contributed by atoms with Crippen molar-refractivity contribution in [2.24, 2.45) is 5.92 Å². The third-order valence-corrected chi connectivity index (χ3v) is 2.93. The van der Waals surface area contributed by atoms with Crippen LogP contribution in [0.2, 0.25) is 0 Å². The highest BCUT2D eigenvalue weighted by Crippen LogP contribution is 2.15. The van der Waals surface area contributed by atoms with Crippen molar-refractivity contribution < 1.29 is 5.11 Å². The quantitative estimate of drug-likeness (QED) is 0.803. The highest BCUT2D eigenvalue weighted by molar-refractivity contribution is 5.40. The van der Waals surface area contributed by atoms with E-state index in [1.54, 1.807) is 6.20 Å². The van der Waals surface area contributed by atoms with Crippen LogP contribution in [0.1, 0.15) is 32.8 Å². The van der Waals surface area contributed by atoms with E-state index in [0.29, 0.717) is 5.92 Å². The third kappa shape index (κ3) is 3.49. The number of rotatable bonds is 6. The van der Waals surface area contributed by atoms with Crippen LogP contribution in [-0.2, 0) is 6.61 Å². The van der Waals surface area contributed by atoms with Gasteiger partial charge in [-0.25, -0.2) is 4.98 Å². The molecule has 1 atom stereocenters. The van der Waals surface area contributed by atoms with Gasteiger partial charge in [0.15, 0.2) is 0 Å². The van der Waals surface area contributed by atoms with E-state index in [1.807, 2.05) is 12.1 Å². The van der Waals surface area contributed by atoms with E-state index in [-0.39, 0.29) is 6.61 Å². The minimum atomic E-state index is 0.0798. The molecule has 1 aromatic rings. The Kier molecular flexibility index (Phi) is 5.26. The Bertz CT molecular complexity index is 315. The number of pyridine rings is 1. The first kappa shape index (κ1) is 13.0. The van der Waals surface area contributed by atoms with Gasteiger partial charge in [-0.2, -0.15) is 0 Å². The molecule has 0 amide bonds. The summed E-state index contributed by atoms with van der Waals surface area (Å²) in [7, 11) is 0. The number of aliphatic hydroxyl groups excluding tert-OH is 1. The molecule has 0 fully saturated rings. The van der Waals surface area contributed by atoms with Crippen LogP contribution in [0.5, 0.6) is 0 Å². The van der Waals surface area contributed by atoms with Crippen molar-refractivity contribution in [2.75, 3.05) is 18.0 Å². The van der Waals surface area contributed by atoms with Gasteiger partial charge in [-0.15, -0.1) is 0 Å². The number of aliphatic hydroxyl groups is 1. The molecule has 0 saturated carbocycles. The maximum Gasteiger partial charge on any atom is 0.128 e. The van der Waals surface area contributed by atoms with Crippen LogP contribution < -0.4 is 4.90 Å². The summed E-state index contributed by atoms with van der Waals surface area (Å²) in [4.78, 5) is 6.62. The van der Waals surface area contributed by atoms with Crippen molar-refractivity contribution in [3.05, 3.63) is 23.9 Å².